The normalized spacial score (nSPS) is 20.9. The van der Waals surface area contributed by atoms with Gasteiger partial charge in [-0.1, -0.05) is 24.8 Å². The SMILES string of the molecule is CC(C)(C)OC(=O)N1CCC2(CCCC2)CC1.CC(C)(C)SN. The lowest BCUT2D eigenvalue weighted by atomic mass is 9.77. The molecular weight excluding hydrogens is 308 g/mol. The lowest BCUT2D eigenvalue weighted by Crippen LogP contribution is -2.44. The van der Waals surface area contributed by atoms with Gasteiger partial charge in [0.15, 0.2) is 0 Å². The molecule has 23 heavy (non-hydrogen) atoms. The molecule has 1 amide bonds. The van der Waals surface area contributed by atoms with Crippen LogP contribution in [0.3, 0.4) is 0 Å². The van der Waals surface area contributed by atoms with E-state index in [1.165, 1.54) is 50.5 Å². The van der Waals surface area contributed by atoms with Gasteiger partial charge in [-0.3, -0.25) is 5.14 Å². The number of piperidine rings is 1. The van der Waals surface area contributed by atoms with Gasteiger partial charge in [-0.2, -0.15) is 0 Å². The van der Waals surface area contributed by atoms with Crippen LogP contribution >= 0.6 is 11.9 Å². The molecule has 1 spiro atoms. The zero-order valence-electron chi connectivity index (χ0n) is 15.9. The molecule has 1 heterocycles. The van der Waals surface area contributed by atoms with Crippen LogP contribution in [-0.2, 0) is 4.74 Å². The molecule has 2 rings (SSSR count). The van der Waals surface area contributed by atoms with E-state index in [-0.39, 0.29) is 16.4 Å². The maximum Gasteiger partial charge on any atom is 0.410 e. The third-order valence-electron chi connectivity index (χ3n) is 4.49. The second-order valence-electron chi connectivity index (χ2n) is 8.90. The molecule has 4 nitrogen and oxygen atoms in total. The summed E-state index contributed by atoms with van der Waals surface area (Å²) in [4.78, 5) is 13.8. The Morgan fingerprint density at radius 3 is 1.78 bits per heavy atom. The molecule has 1 aliphatic carbocycles. The van der Waals surface area contributed by atoms with Crippen molar-refractivity contribution >= 4 is 18.0 Å². The number of nitrogens with two attached hydrogens (primary N) is 1. The zero-order chi connectivity index (χ0) is 17.7. The van der Waals surface area contributed by atoms with Crippen LogP contribution in [0.25, 0.3) is 0 Å². The van der Waals surface area contributed by atoms with Gasteiger partial charge in [-0.15, -0.1) is 0 Å². The smallest absolute Gasteiger partial charge is 0.410 e. The molecule has 0 unspecified atom stereocenters. The maximum atomic E-state index is 11.9. The Kier molecular flexibility index (Phi) is 7.27. The Balaban J connectivity index is 0.000000379. The topological polar surface area (TPSA) is 55.6 Å². The van der Waals surface area contributed by atoms with Crippen LogP contribution in [0.5, 0.6) is 0 Å². The third kappa shape index (κ3) is 7.79. The summed E-state index contributed by atoms with van der Waals surface area (Å²) in [6, 6.07) is 0. The van der Waals surface area contributed by atoms with Crippen molar-refractivity contribution < 1.29 is 9.53 Å². The predicted octanol–water partition coefficient (Wildman–Crippen LogP) is 4.97. The van der Waals surface area contributed by atoms with E-state index in [1.807, 2.05) is 25.7 Å². The van der Waals surface area contributed by atoms with Gasteiger partial charge in [-0.05, 0) is 72.6 Å². The van der Waals surface area contributed by atoms with E-state index >= 15 is 0 Å². The van der Waals surface area contributed by atoms with E-state index in [2.05, 4.69) is 20.8 Å². The molecule has 1 saturated heterocycles. The number of amides is 1. The number of hydrogen-bond acceptors (Lipinski definition) is 4. The Morgan fingerprint density at radius 1 is 1.00 bits per heavy atom. The standard InChI is InChI=1S/C14H25NO2.C4H11NS/c1-13(2,3)17-12(16)15-10-8-14(9-11-15)6-4-5-7-14;1-4(2,3)6-5/h4-11H2,1-3H3;5H2,1-3H3. The summed E-state index contributed by atoms with van der Waals surface area (Å²) in [7, 11) is 0. The van der Waals surface area contributed by atoms with Crippen molar-refractivity contribution in [3.05, 3.63) is 0 Å². The first-order valence-electron chi connectivity index (χ1n) is 8.82. The number of rotatable bonds is 0. The number of carbonyl (C=O) groups excluding carboxylic acids is 1. The van der Waals surface area contributed by atoms with E-state index in [0.29, 0.717) is 5.41 Å². The lowest BCUT2D eigenvalue weighted by molar-refractivity contribution is 0.0107. The number of ether oxygens (including phenoxy) is 1. The monoisotopic (exact) mass is 344 g/mol. The van der Waals surface area contributed by atoms with Gasteiger partial charge in [0.2, 0.25) is 0 Å². The van der Waals surface area contributed by atoms with Gasteiger partial charge in [0.1, 0.15) is 5.60 Å². The van der Waals surface area contributed by atoms with Crippen LogP contribution < -0.4 is 5.14 Å². The average Bonchev–Trinajstić information content (AvgIpc) is 2.86. The van der Waals surface area contributed by atoms with E-state index in [4.69, 9.17) is 9.88 Å². The largest absolute Gasteiger partial charge is 0.444 e. The average molecular weight is 345 g/mol. The number of hydrogen-bond donors (Lipinski definition) is 1. The van der Waals surface area contributed by atoms with Crippen LogP contribution in [0.2, 0.25) is 0 Å². The summed E-state index contributed by atoms with van der Waals surface area (Å²) in [5.41, 5.74) is 0.193. The number of likely N-dealkylation sites (tertiary alicyclic amines) is 1. The Labute approximate surface area is 147 Å². The molecule has 0 aromatic carbocycles. The fraction of sp³-hybridized carbons (Fsp3) is 0.944. The first-order valence-corrected chi connectivity index (χ1v) is 9.70. The van der Waals surface area contributed by atoms with Crippen molar-refractivity contribution in [1.82, 2.24) is 4.90 Å². The molecule has 2 aliphatic rings. The summed E-state index contributed by atoms with van der Waals surface area (Å²) in [6.07, 6.45) is 7.71. The molecule has 0 aromatic rings. The van der Waals surface area contributed by atoms with Crippen molar-refractivity contribution in [3.63, 3.8) is 0 Å². The lowest BCUT2D eigenvalue weighted by Gasteiger charge is -2.39. The second kappa shape index (κ2) is 8.11. The molecule has 0 radical (unpaired) electrons. The molecule has 0 aromatic heterocycles. The molecule has 2 fully saturated rings. The quantitative estimate of drug-likeness (QED) is 0.630. The number of nitrogens with zero attached hydrogens (tertiary/aromatic N) is 1. The van der Waals surface area contributed by atoms with E-state index in [9.17, 15) is 4.79 Å². The Bertz CT molecular complexity index is 369. The fourth-order valence-corrected chi connectivity index (χ4v) is 3.12. The van der Waals surface area contributed by atoms with Gasteiger partial charge in [0.05, 0.1) is 0 Å². The van der Waals surface area contributed by atoms with Gasteiger partial charge in [-0.25, -0.2) is 4.79 Å². The highest BCUT2D eigenvalue weighted by Gasteiger charge is 2.38. The highest BCUT2D eigenvalue weighted by molar-refractivity contribution is 7.98. The van der Waals surface area contributed by atoms with Crippen LogP contribution in [0.4, 0.5) is 4.79 Å². The fourth-order valence-electron chi connectivity index (χ4n) is 3.12. The number of carbonyl (C=O) groups is 1. The summed E-state index contributed by atoms with van der Waals surface area (Å²) < 4.78 is 5.65. The maximum absolute atomic E-state index is 11.9. The van der Waals surface area contributed by atoms with Crippen molar-refractivity contribution in [2.45, 2.75) is 90.4 Å². The van der Waals surface area contributed by atoms with Crippen molar-refractivity contribution in [2.24, 2.45) is 10.6 Å². The molecule has 1 aliphatic heterocycles. The van der Waals surface area contributed by atoms with Crippen molar-refractivity contribution in [2.75, 3.05) is 13.1 Å². The zero-order valence-corrected chi connectivity index (χ0v) is 16.7. The summed E-state index contributed by atoms with van der Waals surface area (Å²) in [6.45, 7) is 13.8. The molecule has 0 atom stereocenters. The van der Waals surface area contributed by atoms with Gasteiger partial charge in [0.25, 0.3) is 0 Å². The van der Waals surface area contributed by atoms with Crippen molar-refractivity contribution in [3.8, 4) is 0 Å². The molecule has 1 saturated carbocycles. The summed E-state index contributed by atoms with van der Waals surface area (Å²) in [5.74, 6) is 0. The van der Waals surface area contributed by atoms with E-state index in [0.717, 1.165) is 13.1 Å². The first-order chi connectivity index (χ1) is 10.5. The second-order valence-corrected chi connectivity index (χ2v) is 10.4. The molecule has 2 N–H and O–H groups in total. The van der Waals surface area contributed by atoms with E-state index in [1.54, 1.807) is 0 Å². The third-order valence-corrected chi connectivity index (χ3v) is 5.20. The van der Waals surface area contributed by atoms with Crippen LogP contribution in [0, 0.1) is 5.41 Å². The van der Waals surface area contributed by atoms with Crippen LogP contribution in [-0.4, -0.2) is 34.4 Å². The molecule has 136 valence electrons. The van der Waals surface area contributed by atoms with E-state index < -0.39 is 0 Å². The van der Waals surface area contributed by atoms with Gasteiger partial charge in [0, 0.05) is 17.8 Å². The minimum atomic E-state index is -0.375. The first kappa shape index (κ1) is 20.6. The van der Waals surface area contributed by atoms with Crippen LogP contribution in [0.15, 0.2) is 0 Å². The highest BCUT2D eigenvalue weighted by Crippen LogP contribution is 2.46. The Hall–Kier alpha value is -0.420. The van der Waals surface area contributed by atoms with Crippen molar-refractivity contribution in [1.29, 1.82) is 0 Å². The highest BCUT2D eigenvalue weighted by atomic mass is 32.2. The predicted molar refractivity (Wildman–Crippen MR) is 99.5 cm³/mol. The van der Waals surface area contributed by atoms with Gasteiger partial charge < -0.3 is 9.64 Å². The molecular formula is C18H36N2O2S. The summed E-state index contributed by atoms with van der Waals surface area (Å²) in [5, 5.41) is 5.22. The van der Waals surface area contributed by atoms with Crippen LogP contribution in [0.1, 0.15) is 80.1 Å². The Morgan fingerprint density at radius 2 is 1.43 bits per heavy atom. The summed E-state index contributed by atoms with van der Waals surface area (Å²) >= 11 is 1.38. The minimum absolute atomic E-state index is 0.134. The van der Waals surface area contributed by atoms with Gasteiger partial charge >= 0.3 is 6.09 Å². The minimum Gasteiger partial charge on any atom is -0.444 e. The molecule has 0 bridgehead atoms. The molecule has 5 heteroatoms.